The van der Waals surface area contributed by atoms with Gasteiger partial charge in [-0.05, 0) is 67.1 Å². The van der Waals surface area contributed by atoms with Gasteiger partial charge in [0.2, 0.25) is 0 Å². The second-order valence-electron chi connectivity index (χ2n) is 9.72. The fourth-order valence-corrected chi connectivity index (χ4v) is 5.40. The molecule has 3 aromatic carbocycles. The van der Waals surface area contributed by atoms with Crippen LogP contribution < -0.4 is 5.32 Å². The van der Waals surface area contributed by atoms with Gasteiger partial charge in [-0.1, -0.05) is 54.1 Å². The molecule has 0 spiro atoms. The molecule has 2 unspecified atom stereocenters. The number of fused-ring (bicyclic) bond motifs is 1. The van der Waals surface area contributed by atoms with E-state index in [9.17, 15) is 9.59 Å². The van der Waals surface area contributed by atoms with Gasteiger partial charge in [0.1, 0.15) is 0 Å². The number of carbonyl (C=O) groups excluding carboxylic acids is 1. The number of carboxylic acids is 1. The molecular formula is C30H30ClN3O3. The van der Waals surface area contributed by atoms with Crippen LogP contribution in [0.4, 0.5) is 11.4 Å². The van der Waals surface area contributed by atoms with Gasteiger partial charge < -0.3 is 15.3 Å². The summed E-state index contributed by atoms with van der Waals surface area (Å²) in [4.78, 5) is 31.2. The van der Waals surface area contributed by atoms with Crippen molar-refractivity contribution in [3.63, 3.8) is 0 Å². The van der Waals surface area contributed by atoms with Crippen molar-refractivity contribution in [2.75, 3.05) is 18.4 Å². The molecule has 2 heterocycles. The van der Waals surface area contributed by atoms with Crippen molar-refractivity contribution in [3.8, 4) is 0 Å². The molecule has 5 rings (SSSR count). The molecule has 1 saturated heterocycles. The van der Waals surface area contributed by atoms with Crippen molar-refractivity contribution >= 4 is 40.6 Å². The Morgan fingerprint density at radius 2 is 1.81 bits per heavy atom. The molecule has 2 N–H and O–H groups in total. The second kappa shape index (κ2) is 11.2. The van der Waals surface area contributed by atoms with Crippen LogP contribution >= 0.6 is 11.6 Å². The second-order valence-corrected chi connectivity index (χ2v) is 10.2. The molecule has 7 heteroatoms. The maximum absolute atomic E-state index is 13.4. The van der Waals surface area contributed by atoms with Gasteiger partial charge in [-0.3, -0.25) is 14.6 Å². The van der Waals surface area contributed by atoms with Gasteiger partial charge in [-0.2, -0.15) is 0 Å². The summed E-state index contributed by atoms with van der Waals surface area (Å²) in [5.74, 6) is -0.490. The van der Waals surface area contributed by atoms with Gasteiger partial charge in [0, 0.05) is 41.7 Å². The molecule has 37 heavy (non-hydrogen) atoms. The zero-order valence-corrected chi connectivity index (χ0v) is 21.3. The lowest BCUT2D eigenvalue weighted by Crippen LogP contribution is -2.29. The van der Waals surface area contributed by atoms with E-state index in [1.165, 1.54) is 5.56 Å². The van der Waals surface area contributed by atoms with E-state index in [1.54, 1.807) is 0 Å². The summed E-state index contributed by atoms with van der Waals surface area (Å²) in [6.45, 7) is 1.38. The molecule has 190 valence electrons. The molecule has 6 nitrogen and oxygen atoms in total. The maximum atomic E-state index is 13.4. The van der Waals surface area contributed by atoms with Gasteiger partial charge in [-0.25, -0.2) is 0 Å². The molecule has 3 aromatic rings. The first-order valence-electron chi connectivity index (χ1n) is 12.8. The monoisotopic (exact) mass is 515 g/mol. The van der Waals surface area contributed by atoms with E-state index in [0.717, 1.165) is 40.5 Å². The fraction of sp³-hybridized carbons (Fsp3) is 0.300. The van der Waals surface area contributed by atoms with E-state index in [1.807, 2.05) is 59.5 Å². The Bertz CT molecular complexity index is 1320. The molecule has 0 saturated carbocycles. The zero-order valence-electron chi connectivity index (χ0n) is 20.6. The standard InChI is InChI=1S/C30H30ClN3O3/c31-24-10-6-9-21(17-24)23-15-16-34(19-23)30(37)22-13-14-25-27(18-22)32-26(11-4-5-12-28(35)36)29(33-25)20-7-2-1-3-8-20/h1-3,6-10,13-14,17-18,23,29,33H,4-5,11-12,15-16,19H2,(H,35,36). The van der Waals surface area contributed by atoms with Crippen LogP contribution in [-0.4, -0.2) is 40.7 Å². The normalized spacial score (nSPS) is 18.6. The van der Waals surface area contributed by atoms with E-state index in [-0.39, 0.29) is 24.3 Å². The number of nitrogens with zero attached hydrogens (tertiary/aromatic N) is 2. The SMILES string of the molecule is O=C(O)CCCCC1=Nc2cc(C(=O)N3CCC(c4cccc(Cl)c4)C3)ccc2NC1c1ccccc1. The minimum atomic E-state index is -0.781. The van der Waals surface area contributed by atoms with E-state index >= 15 is 0 Å². The van der Waals surface area contributed by atoms with Crippen molar-refractivity contribution < 1.29 is 14.7 Å². The molecule has 1 fully saturated rings. The van der Waals surface area contributed by atoms with Crippen molar-refractivity contribution in [1.82, 2.24) is 4.90 Å². The first-order valence-corrected chi connectivity index (χ1v) is 13.2. The van der Waals surface area contributed by atoms with E-state index < -0.39 is 5.97 Å². The third-order valence-electron chi connectivity index (χ3n) is 7.14. The first kappa shape index (κ1) is 25.0. The number of aliphatic imine (C=N–C) groups is 1. The molecule has 2 aliphatic heterocycles. The number of carbonyl (C=O) groups is 2. The van der Waals surface area contributed by atoms with Gasteiger partial charge in [-0.15, -0.1) is 0 Å². The molecule has 0 radical (unpaired) electrons. The lowest BCUT2D eigenvalue weighted by Gasteiger charge is -2.28. The predicted octanol–water partition coefficient (Wildman–Crippen LogP) is 6.85. The maximum Gasteiger partial charge on any atom is 0.303 e. The molecule has 0 aromatic heterocycles. The summed E-state index contributed by atoms with van der Waals surface area (Å²) >= 11 is 6.18. The quantitative estimate of drug-likeness (QED) is 0.321. The van der Waals surface area contributed by atoms with Gasteiger partial charge in [0.05, 0.1) is 17.4 Å². The molecule has 2 atom stereocenters. The minimum absolute atomic E-state index is 0.00993. The summed E-state index contributed by atoms with van der Waals surface area (Å²) in [5, 5.41) is 13.3. The average Bonchev–Trinajstić information content (AvgIpc) is 3.41. The average molecular weight is 516 g/mol. The summed E-state index contributed by atoms with van der Waals surface area (Å²) in [6, 6.07) is 23.6. The zero-order chi connectivity index (χ0) is 25.8. The third kappa shape index (κ3) is 5.86. The number of halogens is 1. The summed E-state index contributed by atoms with van der Waals surface area (Å²) in [6.07, 6.45) is 3.09. The first-order chi connectivity index (χ1) is 18.0. The minimum Gasteiger partial charge on any atom is -0.481 e. The van der Waals surface area contributed by atoms with Crippen molar-refractivity contribution in [3.05, 3.63) is 94.5 Å². The van der Waals surface area contributed by atoms with E-state index in [0.29, 0.717) is 31.5 Å². The number of anilines is 1. The number of carboxylic acid groups (broad SMARTS) is 1. The number of hydrogen-bond donors (Lipinski definition) is 2. The fourth-order valence-electron chi connectivity index (χ4n) is 5.20. The van der Waals surface area contributed by atoms with Crippen LogP contribution in [0.1, 0.15) is 65.5 Å². The smallest absolute Gasteiger partial charge is 0.303 e. The van der Waals surface area contributed by atoms with Crippen molar-refractivity contribution in [2.24, 2.45) is 4.99 Å². The molecule has 1 amide bonds. The summed E-state index contributed by atoms with van der Waals surface area (Å²) in [7, 11) is 0. The Morgan fingerprint density at radius 1 is 1.00 bits per heavy atom. The van der Waals surface area contributed by atoms with Crippen LogP contribution in [0.25, 0.3) is 0 Å². The van der Waals surface area contributed by atoms with Crippen LogP contribution in [0, 0.1) is 0 Å². The molecule has 0 aliphatic carbocycles. The summed E-state index contributed by atoms with van der Waals surface area (Å²) in [5.41, 5.74) is 5.49. The Kier molecular flexibility index (Phi) is 7.56. The van der Waals surface area contributed by atoms with E-state index in [2.05, 4.69) is 23.5 Å². The number of hydrogen-bond acceptors (Lipinski definition) is 4. The van der Waals surface area contributed by atoms with Crippen LogP contribution in [0.15, 0.2) is 77.8 Å². The van der Waals surface area contributed by atoms with Crippen LogP contribution in [0.3, 0.4) is 0 Å². The Balaban J connectivity index is 1.34. The molecule has 2 aliphatic rings. The Hall–Kier alpha value is -3.64. The number of aliphatic carboxylic acids is 1. The van der Waals surface area contributed by atoms with Crippen LogP contribution in [0.2, 0.25) is 5.02 Å². The van der Waals surface area contributed by atoms with Gasteiger partial charge in [0.25, 0.3) is 5.91 Å². The number of benzene rings is 3. The predicted molar refractivity (Wildman–Crippen MR) is 147 cm³/mol. The Morgan fingerprint density at radius 3 is 2.59 bits per heavy atom. The third-order valence-corrected chi connectivity index (χ3v) is 7.38. The number of likely N-dealkylation sites (tertiary alicyclic amines) is 1. The van der Waals surface area contributed by atoms with E-state index in [4.69, 9.17) is 21.7 Å². The van der Waals surface area contributed by atoms with Crippen molar-refractivity contribution in [2.45, 2.75) is 44.1 Å². The topological polar surface area (TPSA) is 82.0 Å². The highest BCUT2D eigenvalue weighted by Gasteiger charge is 2.29. The van der Waals surface area contributed by atoms with Gasteiger partial charge >= 0.3 is 5.97 Å². The Labute approximate surface area is 222 Å². The number of nitrogens with one attached hydrogen (secondary N) is 1. The number of rotatable bonds is 8. The highest BCUT2D eigenvalue weighted by molar-refractivity contribution is 6.30. The lowest BCUT2D eigenvalue weighted by atomic mass is 9.95. The largest absolute Gasteiger partial charge is 0.481 e. The lowest BCUT2D eigenvalue weighted by molar-refractivity contribution is -0.137. The summed E-state index contributed by atoms with van der Waals surface area (Å²) < 4.78 is 0. The highest BCUT2D eigenvalue weighted by Crippen LogP contribution is 2.38. The molecular weight excluding hydrogens is 486 g/mol. The highest BCUT2D eigenvalue weighted by atomic mass is 35.5. The van der Waals surface area contributed by atoms with Crippen LogP contribution in [-0.2, 0) is 4.79 Å². The number of unbranched alkanes of at least 4 members (excludes halogenated alkanes) is 1. The van der Waals surface area contributed by atoms with Crippen molar-refractivity contribution in [1.29, 1.82) is 0 Å². The van der Waals surface area contributed by atoms with Gasteiger partial charge in [0.15, 0.2) is 0 Å². The number of amides is 1. The molecule has 0 bridgehead atoms. The van der Waals surface area contributed by atoms with Crippen LogP contribution in [0.5, 0.6) is 0 Å².